The van der Waals surface area contributed by atoms with Crippen LogP contribution < -0.4 is 10.2 Å². The number of aryl methyl sites for hydroxylation is 1. The fraction of sp³-hybridized carbons (Fsp3) is 0.412. The number of anilines is 1. The van der Waals surface area contributed by atoms with Crippen molar-refractivity contribution in [2.75, 3.05) is 31.6 Å². The molecule has 100 valence electrons. The molecule has 2 aromatic rings. The lowest BCUT2D eigenvalue weighted by atomic mass is 10.1. The summed E-state index contributed by atoms with van der Waals surface area (Å²) in [7, 11) is 2.20. The first-order chi connectivity index (χ1) is 9.22. The summed E-state index contributed by atoms with van der Waals surface area (Å²) in [6.07, 6.45) is 1.30. The molecule has 1 heterocycles. The third kappa shape index (κ3) is 2.74. The van der Waals surface area contributed by atoms with Gasteiger partial charge in [-0.05, 0) is 55.3 Å². The van der Waals surface area contributed by atoms with E-state index in [4.69, 9.17) is 0 Å². The Bertz CT molecular complexity index is 570. The highest BCUT2D eigenvalue weighted by atomic mass is 15.1. The van der Waals surface area contributed by atoms with Crippen molar-refractivity contribution < 1.29 is 0 Å². The number of hydrogen-bond acceptors (Lipinski definition) is 2. The quantitative estimate of drug-likeness (QED) is 0.905. The standard InChI is InChI=1S/C17H22N2/c1-13-3-4-16-10-17(6-5-15(16)9-13)19(2)12-14-7-8-18-11-14/h3-6,9-10,14,18H,7-8,11-12H2,1-2H3. The number of rotatable bonds is 3. The van der Waals surface area contributed by atoms with Crippen molar-refractivity contribution in [2.24, 2.45) is 5.92 Å². The monoisotopic (exact) mass is 254 g/mol. The maximum Gasteiger partial charge on any atom is 0.0370 e. The summed E-state index contributed by atoms with van der Waals surface area (Å²) in [6.45, 7) is 5.63. The van der Waals surface area contributed by atoms with Gasteiger partial charge in [-0.2, -0.15) is 0 Å². The lowest BCUT2D eigenvalue weighted by Crippen LogP contribution is -2.26. The van der Waals surface area contributed by atoms with Crippen molar-refractivity contribution in [3.05, 3.63) is 42.0 Å². The van der Waals surface area contributed by atoms with Crippen LogP contribution in [0.3, 0.4) is 0 Å². The Balaban J connectivity index is 1.81. The van der Waals surface area contributed by atoms with Crippen molar-refractivity contribution >= 4 is 16.5 Å². The van der Waals surface area contributed by atoms with E-state index in [2.05, 4.69) is 60.6 Å². The molecule has 2 aromatic carbocycles. The second-order valence-electron chi connectivity index (χ2n) is 5.77. The SMILES string of the molecule is Cc1ccc2cc(N(C)CC3CCNC3)ccc2c1. The molecule has 1 fully saturated rings. The van der Waals surface area contributed by atoms with Crippen molar-refractivity contribution in [3.63, 3.8) is 0 Å². The zero-order valence-electron chi connectivity index (χ0n) is 11.8. The lowest BCUT2D eigenvalue weighted by molar-refractivity contribution is 0.578. The van der Waals surface area contributed by atoms with Crippen LogP contribution in [0.1, 0.15) is 12.0 Å². The molecule has 0 radical (unpaired) electrons. The summed E-state index contributed by atoms with van der Waals surface area (Å²) < 4.78 is 0. The van der Waals surface area contributed by atoms with Gasteiger partial charge in [-0.1, -0.05) is 29.8 Å². The van der Waals surface area contributed by atoms with Gasteiger partial charge in [-0.3, -0.25) is 0 Å². The smallest absolute Gasteiger partial charge is 0.0370 e. The van der Waals surface area contributed by atoms with E-state index in [0.29, 0.717) is 0 Å². The first-order valence-corrected chi connectivity index (χ1v) is 7.14. The van der Waals surface area contributed by atoms with Gasteiger partial charge < -0.3 is 10.2 Å². The van der Waals surface area contributed by atoms with Crippen molar-refractivity contribution in [1.82, 2.24) is 5.32 Å². The normalized spacial score (nSPS) is 18.9. The number of nitrogens with zero attached hydrogens (tertiary/aromatic N) is 1. The number of hydrogen-bond donors (Lipinski definition) is 1. The predicted molar refractivity (Wildman–Crippen MR) is 82.9 cm³/mol. The van der Waals surface area contributed by atoms with Gasteiger partial charge in [-0.25, -0.2) is 0 Å². The molecule has 0 spiro atoms. The first-order valence-electron chi connectivity index (χ1n) is 7.14. The molecule has 2 nitrogen and oxygen atoms in total. The zero-order valence-corrected chi connectivity index (χ0v) is 11.8. The molecule has 2 heteroatoms. The van der Waals surface area contributed by atoms with Crippen LogP contribution in [-0.4, -0.2) is 26.7 Å². The molecule has 1 aliphatic heterocycles. The highest BCUT2D eigenvalue weighted by Gasteiger charge is 2.16. The average molecular weight is 254 g/mol. The van der Waals surface area contributed by atoms with Gasteiger partial charge >= 0.3 is 0 Å². The molecule has 0 saturated carbocycles. The average Bonchev–Trinajstić information content (AvgIpc) is 2.91. The molecule has 0 aromatic heterocycles. The van der Waals surface area contributed by atoms with E-state index < -0.39 is 0 Å². The maximum atomic E-state index is 3.44. The second kappa shape index (κ2) is 5.22. The van der Waals surface area contributed by atoms with Gasteiger partial charge in [0.05, 0.1) is 0 Å². The summed E-state index contributed by atoms with van der Waals surface area (Å²) >= 11 is 0. The highest BCUT2D eigenvalue weighted by Crippen LogP contribution is 2.23. The zero-order chi connectivity index (χ0) is 13.2. The third-order valence-electron chi connectivity index (χ3n) is 4.11. The fourth-order valence-electron chi connectivity index (χ4n) is 2.95. The van der Waals surface area contributed by atoms with E-state index in [1.165, 1.54) is 35.0 Å². The van der Waals surface area contributed by atoms with Crippen LogP contribution in [0.15, 0.2) is 36.4 Å². The number of benzene rings is 2. The van der Waals surface area contributed by atoms with Crippen molar-refractivity contribution in [3.8, 4) is 0 Å². The Morgan fingerprint density at radius 3 is 2.74 bits per heavy atom. The van der Waals surface area contributed by atoms with Gasteiger partial charge in [0, 0.05) is 19.3 Å². The molecule has 1 unspecified atom stereocenters. The van der Waals surface area contributed by atoms with Crippen molar-refractivity contribution in [2.45, 2.75) is 13.3 Å². The van der Waals surface area contributed by atoms with Crippen LogP contribution in [0.4, 0.5) is 5.69 Å². The first kappa shape index (κ1) is 12.5. The minimum atomic E-state index is 0.790. The van der Waals surface area contributed by atoms with Gasteiger partial charge in [0.1, 0.15) is 0 Å². The Labute approximate surface area is 115 Å². The van der Waals surface area contributed by atoms with Crippen LogP contribution in [0, 0.1) is 12.8 Å². The molecular weight excluding hydrogens is 232 g/mol. The molecule has 1 aliphatic rings. The summed E-state index contributed by atoms with van der Waals surface area (Å²) in [5, 5.41) is 6.10. The van der Waals surface area contributed by atoms with E-state index in [0.717, 1.165) is 19.0 Å². The summed E-state index contributed by atoms with van der Waals surface area (Å²) in [5.41, 5.74) is 2.65. The van der Waals surface area contributed by atoms with E-state index >= 15 is 0 Å². The van der Waals surface area contributed by atoms with Gasteiger partial charge in [0.25, 0.3) is 0 Å². The van der Waals surface area contributed by atoms with Gasteiger partial charge in [0.2, 0.25) is 0 Å². The Morgan fingerprint density at radius 1 is 1.16 bits per heavy atom. The van der Waals surface area contributed by atoms with Gasteiger partial charge in [0.15, 0.2) is 0 Å². The van der Waals surface area contributed by atoms with E-state index in [1.807, 2.05) is 0 Å². The summed E-state index contributed by atoms with van der Waals surface area (Å²) in [5.74, 6) is 0.790. The van der Waals surface area contributed by atoms with E-state index in [-0.39, 0.29) is 0 Å². The van der Waals surface area contributed by atoms with Crippen LogP contribution in [0.5, 0.6) is 0 Å². The van der Waals surface area contributed by atoms with Crippen LogP contribution >= 0.6 is 0 Å². The molecule has 0 bridgehead atoms. The lowest BCUT2D eigenvalue weighted by Gasteiger charge is -2.23. The van der Waals surface area contributed by atoms with E-state index in [1.54, 1.807) is 0 Å². The molecular formula is C17H22N2. The largest absolute Gasteiger partial charge is 0.374 e. The van der Waals surface area contributed by atoms with Crippen LogP contribution in [-0.2, 0) is 0 Å². The van der Waals surface area contributed by atoms with Crippen molar-refractivity contribution in [1.29, 1.82) is 0 Å². The predicted octanol–water partition coefficient (Wildman–Crippen LogP) is 3.19. The molecule has 1 saturated heterocycles. The number of nitrogens with one attached hydrogen (secondary N) is 1. The molecule has 1 N–H and O–H groups in total. The summed E-state index contributed by atoms with van der Waals surface area (Å²) in [6, 6.07) is 13.4. The minimum Gasteiger partial charge on any atom is -0.374 e. The molecule has 1 atom stereocenters. The van der Waals surface area contributed by atoms with Gasteiger partial charge in [-0.15, -0.1) is 0 Å². The maximum absolute atomic E-state index is 3.44. The second-order valence-corrected chi connectivity index (χ2v) is 5.77. The molecule has 19 heavy (non-hydrogen) atoms. The molecule has 0 aliphatic carbocycles. The Kier molecular flexibility index (Phi) is 3.43. The summed E-state index contributed by atoms with van der Waals surface area (Å²) in [4.78, 5) is 2.39. The fourth-order valence-corrected chi connectivity index (χ4v) is 2.95. The Morgan fingerprint density at radius 2 is 1.95 bits per heavy atom. The van der Waals surface area contributed by atoms with Crippen LogP contribution in [0.2, 0.25) is 0 Å². The van der Waals surface area contributed by atoms with Crippen LogP contribution in [0.25, 0.3) is 10.8 Å². The highest BCUT2D eigenvalue weighted by molar-refractivity contribution is 5.86. The topological polar surface area (TPSA) is 15.3 Å². The molecule has 3 rings (SSSR count). The molecule has 0 amide bonds. The Hall–Kier alpha value is -1.54. The minimum absolute atomic E-state index is 0.790. The number of fused-ring (bicyclic) bond motifs is 1. The van der Waals surface area contributed by atoms with E-state index in [9.17, 15) is 0 Å². The third-order valence-corrected chi connectivity index (χ3v) is 4.11.